The highest BCUT2D eigenvalue weighted by Crippen LogP contribution is 2.22. The number of nitrogens with zero attached hydrogens (tertiary/aromatic N) is 1. The second-order valence-corrected chi connectivity index (χ2v) is 3.44. The smallest absolute Gasteiger partial charge is 0.0392 e. The first-order valence-corrected chi connectivity index (χ1v) is 6.99. The summed E-state index contributed by atoms with van der Waals surface area (Å²) in [4.78, 5) is 2.33. The average Bonchev–Trinajstić information content (AvgIpc) is 2.39. The van der Waals surface area contributed by atoms with E-state index in [1.165, 1.54) is 30.7 Å². The predicted molar refractivity (Wildman–Crippen MR) is 81.2 cm³/mol. The summed E-state index contributed by atoms with van der Waals surface area (Å²) in [7, 11) is 2.16. The molecule has 1 aliphatic rings. The van der Waals surface area contributed by atoms with Crippen molar-refractivity contribution in [2.75, 3.05) is 13.6 Å². The van der Waals surface area contributed by atoms with Crippen molar-refractivity contribution in [3.05, 3.63) is 35.6 Å². The van der Waals surface area contributed by atoms with Crippen LogP contribution in [0.3, 0.4) is 0 Å². The molecular formula is C16H31N. The molecule has 0 spiro atoms. The van der Waals surface area contributed by atoms with Gasteiger partial charge in [0.1, 0.15) is 0 Å². The maximum Gasteiger partial charge on any atom is 0.0392 e. The highest BCUT2D eigenvalue weighted by molar-refractivity contribution is 5.33. The van der Waals surface area contributed by atoms with Gasteiger partial charge in [0.15, 0.2) is 0 Å². The van der Waals surface area contributed by atoms with E-state index in [1.807, 2.05) is 27.7 Å². The van der Waals surface area contributed by atoms with Gasteiger partial charge in [-0.3, -0.25) is 0 Å². The summed E-state index contributed by atoms with van der Waals surface area (Å²) in [5.41, 5.74) is 2.85. The van der Waals surface area contributed by atoms with Gasteiger partial charge in [-0.15, -0.1) is 0 Å². The van der Waals surface area contributed by atoms with Gasteiger partial charge in [-0.25, -0.2) is 0 Å². The molecule has 0 saturated carbocycles. The standard InChI is InChI=1S/C12H19N.2C2H6/c1-4-7-11-9-6-10-13(3)12(11)8-5-2;2*1-2/h4-5,7-8H,6,9-10H2,1-3H3;2*1-2H3/b7-4-,8-5-;;. The molecule has 0 fully saturated rings. The SMILES string of the molecule is C/C=C\C1=C(/C=C\C)N(C)CCC1.CC.CC. The van der Waals surface area contributed by atoms with Crippen molar-refractivity contribution in [1.82, 2.24) is 4.90 Å². The number of hydrogen-bond donors (Lipinski definition) is 0. The maximum atomic E-state index is 2.33. The maximum absolute atomic E-state index is 2.33. The van der Waals surface area contributed by atoms with E-state index in [9.17, 15) is 0 Å². The lowest BCUT2D eigenvalue weighted by Gasteiger charge is -2.27. The third kappa shape index (κ3) is 7.04. The molecule has 0 amide bonds. The van der Waals surface area contributed by atoms with Crippen molar-refractivity contribution in [3.63, 3.8) is 0 Å². The molecule has 100 valence electrons. The lowest BCUT2D eigenvalue weighted by Crippen LogP contribution is -2.23. The summed E-state index contributed by atoms with van der Waals surface area (Å²) < 4.78 is 0. The quantitative estimate of drug-likeness (QED) is 0.640. The number of likely N-dealkylation sites (N-methyl/N-ethyl adjacent to an activating group) is 1. The lowest BCUT2D eigenvalue weighted by atomic mass is 10.0. The molecule has 0 atom stereocenters. The predicted octanol–water partition coefficient (Wildman–Crippen LogP) is 5.17. The van der Waals surface area contributed by atoms with Gasteiger partial charge in [-0.2, -0.15) is 0 Å². The zero-order chi connectivity index (χ0) is 13.7. The Balaban J connectivity index is 0. The van der Waals surface area contributed by atoms with E-state index in [2.05, 4.69) is 50.1 Å². The summed E-state index contributed by atoms with van der Waals surface area (Å²) in [6.45, 7) is 13.3. The van der Waals surface area contributed by atoms with E-state index >= 15 is 0 Å². The Labute approximate surface area is 109 Å². The van der Waals surface area contributed by atoms with E-state index in [0.29, 0.717) is 0 Å². The van der Waals surface area contributed by atoms with Gasteiger partial charge in [-0.1, -0.05) is 45.9 Å². The fraction of sp³-hybridized carbons (Fsp3) is 0.625. The van der Waals surface area contributed by atoms with Crippen LogP contribution < -0.4 is 0 Å². The van der Waals surface area contributed by atoms with E-state index in [4.69, 9.17) is 0 Å². The fourth-order valence-electron chi connectivity index (χ4n) is 1.76. The minimum absolute atomic E-state index is 1.18. The zero-order valence-electron chi connectivity index (χ0n) is 12.9. The molecule has 0 aliphatic carbocycles. The fourth-order valence-corrected chi connectivity index (χ4v) is 1.76. The molecule has 1 rings (SSSR count). The van der Waals surface area contributed by atoms with Crippen LogP contribution in [-0.4, -0.2) is 18.5 Å². The minimum Gasteiger partial charge on any atom is -0.374 e. The van der Waals surface area contributed by atoms with Crippen LogP contribution in [0.15, 0.2) is 35.6 Å². The Hall–Kier alpha value is -0.980. The van der Waals surface area contributed by atoms with Crippen LogP contribution in [0.25, 0.3) is 0 Å². The van der Waals surface area contributed by atoms with Crippen LogP contribution in [0.1, 0.15) is 54.4 Å². The topological polar surface area (TPSA) is 3.24 Å². The molecule has 0 saturated heterocycles. The van der Waals surface area contributed by atoms with E-state index in [1.54, 1.807) is 0 Å². The summed E-state index contributed by atoms with van der Waals surface area (Å²) in [5.74, 6) is 0. The first-order chi connectivity index (χ1) is 8.29. The Kier molecular flexibility index (Phi) is 14.2. The van der Waals surface area contributed by atoms with Gasteiger partial charge in [0, 0.05) is 19.3 Å². The van der Waals surface area contributed by atoms with Gasteiger partial charge in [0.25, 0.3) is 0 Å². The van der Waals surface area contributed by atoms with Crippen LogP contribution in [-0.2, 0) is 0 Å². The summed E-state index contributed by atoms with van der Waals surface area (Å²) in [5, 5.41) is 0. The Morgan fingerprint density at radius 1 is 0.941 bits per heavy atom. The Bertz CT molecular complexity index is 246. The second kappa shape index (κ2) is 13.1. The third-order valence-electron chi connectivity index (χ3n) is 2.37. The summed E-state index contributed by atoms with van der Waals surface area (Å²) in [6, 6.07) is 0. The minimum atomic E-state index is 1.18. The zero-order valence-corrected chi connectivity index (χ0v) is 12.9. The largest absolute Gasteiger partial charge is 0.374 e. The van der Waals surface area contributed by atoms with Gasteiger partial charge in [-0.05, 0) is 38.3 Å². The molecule has 17 heavy (non-hydrogen) atoms. The van der Waals surface area contributed by atoms with Crippen molar-refractivity contribution in [3.8, 4) is 0 Å². The molecule has 0 N–H and O–H groups in total. The van der Waals surface area contributed by atoms with E-state index < -0.39 is 0 Å². The molecule has 0 radical (unpaired) electrons. The highest BCUT2D eigenvalue weighted by Gasteiger charge is 2.11. The Morgan fingerprint density at radius 3 is 1.94 bits per heavy atom. The number of allylic oxidation sites excluding steroid dienone is 5. The summed E-state index contributed by atoms with van der Waals surface area (Å²) >= 11 is 0. The molecule has 1 aliphatic heterocycles. The van der Waals surface area contributed by atoms with Crippen molar-refractivity contribution < 1.29 is 0 Å². The van der Waals surface area contributed by atoms with E-state index in [-0.39, 0.29) is 0 Å². The van der Waals surface area contributed by atoms with Crippen LogP contribution >= 0.6 is 0 Å². The van der Waals surface area contributed by atoms with Crippen LogP contribution in [0, 0.1) is 0 Å². The third-order valence-corrected chi connectivity index (χ3v) is 2.37. The molecule has 1 nitrogen and oxygen atoms in total. The molecular weight excluding hydrogens is 206 g/mol. The van der Waals surface area contributed by atoms with Crippen LogP contribution in [0.2, 0.25) is 0 Å². The van der Waals surface area contributed by atoms with Crippen molar-refractivity contribution in [2.45, 2.75) is 54.4 Å². The van der Waals surface area contributed by atoms with Crippen molar-refractivity contribution in [2.24, 2.45) is 0 Å². The highest BCUT2D eigenvalue weighted by atomic mass is 15.1. The monoisotopic (exact) mass is 237 g/mol. The normalized spacial score (nSPS) is 15.6. The van der Waals surface area contributed by atoms with Gasteiger partial charge >= 0.3 is 0 Å². The Morgan fingerprint density at radius 2 is 1.47 bits per heavy atom. The van der Waals surface area contributed by atoms with Crippen molar-refractivity contribution >= 4 is 0 Å². The van der Waals surface area contributed by atoms with Gasteiger partial charge in [0.05, 0.1) is 0 Å². The molecule has 0 bridgehead atoms. The average molecular weight is 237 g/mol. The molecule has 1 heterocycles. The lowest BCUT2D eigenvalue weighted by molar-refractivity contribution is 0.394. The van der Waals surface area contributed by atoms with Gasteiger partial charge in [0.2, 0.25) is 0 Å². The van der Waals surface area contributed by atoms with E-state index in [0.717, 1.165) is 0 Å². The number of rotatable bonds is 2. The first kappa shape index (κ1) is 18.4. The molecule has 0 unspecified atom stereocenters. The molecule has 0 aromatic heterocycles. The molecule has 0 aromatic rings. The summed E-state index contributed by atoms with van der Waals surface area (Å²) in [6.07, 6.45) is 11.2. The first-order valence-electron chi connectivity index (χ1n) is 6.99. The molecule has 1 heteroatoms. The van der Waals surface area contributed by atoms with Gasteiger partial charge < -0.3 is 4.90 Å². The van der Waals surface area contributed by atoms with Crippen LogP contribution in [0.5, 0.6) is 0 Å². The second-order valence-electron chi connectivity index (χ2n) is 3.44. The van der Waals surface area contributed by atoms with Crippen molar-refractivity contribution in [1.29, 1.82) is 0 Å². The number of hydrogen-bond acceptors (Lipinski definition) is 1. The molecule has 0 aromatic carbocycles. The van der Waals surface area contributed by atoms with Crippen LogP contribution in [0.4, 0.5) is 0 Å².